The Balaban J connectivity index is 0.000000178. The summed E-state index contributed by atoms with van der Waals surface area (Å²) in [6.45, 7) is 5.88. The Morgan fingerprint density at radius 3 is 1.84 bits per heavy atom. The van der Waals surface area contributed by atoms with Gasteiger partial charge in [0.1, 0.15) is 27.2 Å². The summed E-state index contributed by atoms with van der Waals surface area (Å²) in [5, 5.41) is 7.23. The van der Waals surface area contributed by atoms with E-state index >= 15 is 0 Å². The summed E-state index contributed by atoms with van der Waals surface area (Å²) in [5.41, 5.74) is 2.54. The van der Waals surface area contributed by atoms with Gasteiger partial charge in [0.05, 0.1) is 38.0 Å². The monoisotopic (exact) mass is 752 g/mol. The van der Waals surface area contributed by atoms with Gasteiger partial charge in [-0.05, 0) is 55.5 Å². The van der Waals surface area contributed by atoms with Crippen LogP contribution in [-0.2, 0) is 43.9 Å². The number of piperazine rings is 1. The minimum atomic E-state index is -1.05. The molecular formula is C32H39Cl2FN8O4S2. The quantitative estimate of drug-likeness (QED) is 0.349. The summed E-state index contributed by atoms with van der Waals surface area (Å²) in [5.74, 6) is 2.85. The molecule has 0 bridgehead atoms. The van der Waals surface area contributed by atoms with Crippen molar-refractivity contribution in [2.45, 2.75) is 60.4 Å². The van der Waals surface area contributed by atoms with Crippen LogP contribution in [0.4, 0.5) is 27.7 Å². The smallest absolute Gasteiger partial charge is 0.227 e. The van der Waals surface area contributed by atoms with Crippen LogP contribution in [0.15, 0.2) is 28.0 Å². The Morgan fingerprint density at radius 2 is 1.27 bits per heavy atom. The molecule has 0 spiro atoms. The van der Waals surface area contributed by atoms with E-state index in [1.165, 1.54) is 6.07 Å². The molecule has 2 atom stereocenters. The zero-order chi connectivity index (χ0) is 33.9. The lowest BCUT2D eigenvalue weighted by Crippen LogP contribution is -2.47. The normalized spacial score (nSPS) is 22.7. The van der Waals surface area contributed by atoms with Gasteiger partial charge in [-0.2, -0.15) is 9.97 Å². The first-order valence-electron chi connectivity index (χ1n) is 16.7. The van der Waals surface area contributed by atoms with Crippen molar-refractivity contribution in [1.82, 2.24) is 19.9 Å². The molecule has 1 aromatic carbocycles. The molecule has 3 saturated heterocycles. The van der Waals surface area contributed by atoms with Gasteiger partial charge in [0.25, 0.3) is 0 Å². The Hall–Kier alpha value is -2.69. The maximum Gasteiger partial charge on any atom is 0.227 e. The summed E-state index contributed by atoms with van der Waals surface area (Å²) < 4.78 is 49.1. The molecule has 17 heteroatoms. The van der Waals surface area contributed by atoms with E-state index in [2.05, 4.69) is 30.4 Å². The number of hydrogen-bond acceptors (Lipinski definition) is 12. The van der Waals surface area contributed by atoms with Crippen molar-refractivity contribution < 1.29 is 22.3 Å². The van der Waals surface area contributed by atoms with E-state index in [1.54, 1.807) is 6.07 Å². The molecule has 12 nitrogen and oxygen atoms in total. The van der Waals surface area contributed by atoms with Crippen molar-refractivity contribution in [2.24, 2.45) is 0 Å². The average molecular weight is 754 g/mol. The van der Waals surface area contributed by atoms with Crippen molar-refractivity contribution in [3.8, 4) is 0 Å². The van der Waals surface area contributed by atoms with Gasteiger partial charge in [0.15, 0.2) is 0 Å². The van der Waals surface area contributed by atoms with E-state index < -0.39 is 27.4 Å². The SMILES string of the molecule is O=S1CCc2nc(Cl)nc(NC3CCOCC3)c21.O=S1CCc2nc(N3CCN(c4ccc(Cl)c(F)c4)CC3)nc(NC3CCOCC3)c21. The molecule has 3 aromatic rings. The molecule has 264 valence electrons. The van der Waals surface area contributed by atoms with Crippen LogP contribution in [0.1, 0.15) is 37.1 Å². The second-order valence-electron chi connectivity index (χ2n) is 12.5. The first kappa shape index (κ1) is 34.7. The van der Waals surface area contributed by atoms with Gasteiger partial charge in [-0.25, -0.2) is 14.4 Å². The van der Waals surface area contributed by atoms with Gasteiger partial charge in [-0.1, -0.05) is 11.6 Å². The fourth-order valence-corrected chi connectivity index (χ4v) is 9.54. The summed E-state index contributed by atoms with van der Waals surface area (Å²) in [6.07, 6.45) is 5.12. The molecular weight excluding hydrogens is 714 g/mol. The van der Waals surface area contributed by atoms with Gasteiger partial charge >= 0.3 is 0 Å². The van der Waals surface area contributed by atoms with Crippen LogP contribution >= 0.6 is 23.2 Å². The van der Waals surface area contributed by atoms with Crippen molar-refractivity contribution in [3.05, 3.63) is 45.7 Å². The number of hydrogen-bond donors (Lipinski definition) is 2. The third-order valence-electron chi connectivity index (χ3n) is 9.29. The first-order chi connectivity index (χ1) is 23.8. The van der Waals surface area contributed by atoms with Gasteiger partial charge < -0.3 is 29.9 Å². The van der Waals surface area contributed by atoms with Crippen LogP contribution in [0.25, 0.3) is 0 Å². The highest BCUT2D eigenvalue weighted by molar-refractivity contribution is 7.85. The second-order valence-corrected chi connectivity index (χ2v) is 16.3. The molecule has 0 radical (unpaired) electrons. The zero-order valence-electron chi connectivity index (χ0n) is 27.0. The van der Waals surface area contributed by atoms with E-state index in [9.17, 15) is 12.8 Å². The molecule has 2 N–H and O–H groups in total. The molecule has 5 aliphatic heterocycles. The maximum atomic E-state index is 13.8. The number of aromatic nitrogens is 4. The second kappa shape index (κ2) is 15.7. The number of ether oxygens (including phenoxy) is 2. The standard InChI is InChI=1S/C21H25ClFN5O2S.C11H14ClN3O2S/c22-16-2-1-15(13-17(16)23)27-6-8-28(9-7-27)21-25-18-5-12-31(29)19(18)20(26-21)24-14-3-10-30-11-4-14;12-11-14-8-3-6-18(16)9(8)10(15-11)13-7-1-4-17-5-2-7/h1-2,13-14H,3-12H2,(H,24,25,26);7H,1-6H2,(H,13,14,15). The third-order valence-corrected chi connectivity index (χ3v) is 12.7. The molecule has 7 heterocycles. The van der Waals surface area contributed by atoms with Crippen molar-refractivity contribution in [1.29, 1.82) is 0 Å². The molecule has 3 fully saturated rings. The summed E-state index contributed by atoms with van der Waals surface area (Å²) in [6, 6.07) is 5.51. The van der Waals surface area contributed by atoms with Crippen LogP contribution < -0.4 is 20.4 Å². The molecule has 49 heavy (non-hydrogen) atoms. The Bertz CT molecular complexity index is 1720. The highest BCUT2D eigenvalue weighted by Gasteiger charge is 2.30. The summed E-state index contributed by atoms with van der Waals surface area (Å²) >= 11 is 11.7. The molecule has 5 aliphatic rings. The molecule has 0 amide bonds. The molecule has 2 unspecified atom stereocenters. The zero-order valence-corrected chi connectivity index (χ0v) is 30.1. The topological polar surface area (TPSA) is 135 Å². The number of nitrogens with zero attached hydrogens (tertiary/aromatic N) is 6. The van der Waals surface area contributed by atoms with E-state index in [0.717, 1.165) is 105 Å². The highest BCUT2D eigenvalue weighted by atomic mass is 35.5. The van der Waals surface area contributed by atoms with Gasteiger partial charge in [0, 0.05) is 94.7 Å². The van der Waals surface area contributed by atoms with Gasteiger partial charge in [-0.15, -0.1) is 0 Å². The molecule has 0 aliphatic carbocycles. The van der Waals surface area contributed by atoms with Crippen LogP contribution in [0.2, 0.25) is 10.3 Å². The maximum absolute atomic E-state index is 13.8. The van der Waals surface area contributed by atoms with Crippen molar-refractivity contribution in [2.75, 3.05) is 84.5 Å². The lowest BCUT2D eigenvalue weighted by atomic mass is 10.1. The highest BCUT2D eigenvalue weighted by Crippen LogP contribution is 2.33. The number of anilines is 4. The number of aryl methyl sites for hydroxylation is 2. The first-order valence-corrected chi connectivity index (χ1v) is 20.1. The number of fused-ring (bicyclic) bond motifs is 2. The number of rotatable bonds is 6. The minimum Gasteiger partial charge on any atom is -0.381 e. The summed E-state index contributed by atoms with van der Waals surface area (Å²) in [4.78, 5) is 23.7. The van der Waals surface area contributed by atoms with Crippen LogP contribution in [0, 0.1) is 5.82 Å². The number of benzene rings is 1. The molecule has 8 rings (SSSR count). The minimum absolute atomic E-state index is 0.135. The van der Waals surface area contributed by atoms with E-state index in [1.807, 2.05) is 6.07 Å². The Labute approximate surface area is 299 Å². The van der Waals surface area contributed by atoms with Crippen molar-refractivity contribution >= 4 is 68.1 Å². The number of nitrogens with one attached hydrogen (secondary N) is 2. The summed E-state index contributed by atoms with van der Waals surface area (Å²) in [7, 11) is -2.05. The van der Waals surface area contributed by atoms with E-state index in [0.29, 0.717) is 48.0 Å². The van der Waals surface area contributed by atoms with Gasteiger partial charge in [0.2, 0.25) is 11.2 Å². The number of halogens is 3. The van der Waals surface area contributed by atoms with Crippen LogP contribution in [0.5, 0.6) is 0 Å². The van der Waals surface area contributed by atoms with Crippen LogP contribution in [-0.4, -0.2) is 105 Å². The lowest BCUT2D eigenvalue weighted by Gasteiger charge is -2.36. The average Bonchev–Trinajstić information content (AvgIpc) is 3.69. The fourth-order valence-electron chi connectivity index (χ4n) is 6.60. The fraction of sp³-hybridized carbons (Fsp3) is 0.562. The van der Waals surface area contributed by atoms with E-state index in [-0.39, 0.29) is 16.3 Å². The van der Waals surface area contributed by atoms with Crippen molar-refractivity contribution in [3.63, 3.8) is 0 Å². The van der Waals surface area contributed by atoms with E-state index in [4.69, 9.17) is 42.6 Å². The molecule has 2 aromatic heterocycles. The lowest BCUT2D eigenvalue weighted by molar-refractivity contribution is 0.0902. The van der Waals surface area contributed by atoms with Gasteiger partial charge in [-0.3, -0.25) is 8.42 Å². The Morgan fingerprint density at radius 1 is 0.735 bits per heavy atom. The Kier molecular flexibility index (Phi) is 11.1. The predicted molar refractivity (Wildman–Crippen MR) is 190 cm³/mol. The third kappa shape index (κ3) is 8.12. The van der Waals surface area contributed by atoms with Crippen LogP contribution in [0.3, 0.4) is 0 Å². The molecule has 0 saturated carbocycles. The predicted octanol–water partition coefficient (Wildman–Crippen LogP) is 4.23. The largest absolute Gasteiger partial charge is 0.381 e.